The van der Waals surface area contributed by atoms with Gasteiger partial charge in [-0.15, -0.1) is 5.10 Å². The van der Waals surface area contributed by atoms with Crippen LogP contribution in [0.1, 0.15) is 78.7 Å². The summed E-state index contributed by atoms with van der Waals surface area (Å²) in [7, 11) is 0. The van der Waals surface area contributed by atoms with Gasteiger partial charge in [0.15, 0.2) is 11.5 Å². The summed E-state index contributed by atoms with van der Waals surface area (Å²) >= 11 is 0. The molecule has 3 aromatic rings. The largest absolute Gasteiger partial charge is 0.390 e. The Morgan fingerprint density at radius 1 is 1.19 bits per heavy atom. The molecule has 0 radical (unpaired) electrons. The van der Waals surface area contributed by atoms with E-state index in [2.05, 4.69) is 34.4 Å². The number of benzene rings is 1. The SMILES string of the molecule is C[C@@H](C1CC1)N1Cc2cc(-c3ccn4nc(N)c(C(=O)NC5CCC(C)(O)CC5)c4n3)cc(N3CCOCC3)c2C1=O. The van der Waals surface area contributed by atoms with Crippen molar-refractivity contribution in [2.75, 3.05) is 36.9 Å². The predicted octanol–water partition coefficient (Wildman–Crippen LogP) is 2.99. The number of nitrogen functional groups attached to an aromatic ring is 1. The van der Waals surface area contributed by atoms with Crippen LogP contribution in [0.25, 0.3) is 16.9 Å². The highest BCUT2D eigenvalue weighted by Crippen LogP contribution is 2.42. The lowest BCUT2D eigenvalue weighted by molar-refractivity contribution is 0.0140. The molecule has 0 bridgehead atoms. The fraction of sp³-hybridized carbons (Fsp3) is 0.548. The van der Waals surface area contributed by atoms with Gasteiger partial charge in [0.2, 0.25) is 0 Å². The molecular weight excluding hydrogens is 534 g/mol. The molecule has 2 amide bonds. The molecule has 4 N–H and O–H groups in total. The van der Waals surface area contributed by atoms with Crippen LogP contribution in [-0.4, -0.2) is 80.4 Å². The van der Waals surface area contributed by atoms with Crippen molar-refractivity contribution in [3.8, 4) is 11.3 Å². The van der Waals surface area contributed by atoms with E-state index in [1.165, 1.54) is 17.4 Å². The Morgan fingerprint density at radius 2 is 1.93 bits per heavy atom. The van der Waals surface area contributed by atoms with Crippen molar-refractivity contribution in [1.82, 2.24) is 24.8 Å². The van der Waals surface area contributed by atoms with Crippen LogP contribution in [0.3, 0.4) is 0 Å². The van der Waals surface area contributed by atoms with Gasteiger partial charge < -0.3 is 30.7 Å². The molecule has 11 heteroatoms. The molecule has 11 nitrogen and oxygen atoms in total. The normalized spacial score (nSPS) is 25.1. The van der Waals surface area contributed by atoms with Gasteiger partial charge in [-0.1, -0.05) is 0 Å². The van der Waals surface area contributed by atoms with Gasteiger partial charge in [-0.2, -0.15) is 0 Å². The minimum Gasteiger partial charge on any atom is -0.390 e. The van der Waals surface area contributed by atoms with Crippen LogP contribution >= 0.6 is 0 Å². The number of ether oxygens (including phenoxy) is 1. The molecule has 0 spiro atoms. The van der Waals surface area contributed by atoms with Crippen LogP contribution in [0.15, 0.2) is 24.4 Å². The first kappa shape index (κ1) is 27.2. The minimum atomic E-state index is -0.686. The van der Waals surface area contributed by atoms with Gasteiger partial charge >= 0.3 is 0 Å². The topological polar surface area (TPSA) is 138 Å². The van der Waals surface area contributed by atoms with Crippen molar-refractivity contribution in [1.29, 1.82) is 0 Å². The number of amides is 2. The number of morpholine rings is 1. The maximum absolute atomic E-state index is 13.7. The molecule has 1 saturated heterocycles. The second-order valence-corrected chi connectivity index (χ2v) is 12.7. The summed E-state index contributed by atoms with van der Waals surface area (Å²) in [4.78, 5) is 36.3. The molecule has 2 saturated carbocycles. The molecule has 2 aromatic heterocycles. The molecule has 0 unspecified atom stereocenters. The molecule has 222 valence electrons. The fourth-order valence-electron chi connectivity index (χ4n) is 6.79. The maximum atomic E-state index is 13.7. The summed E-state index contributed by atoms with van der Waals surface area (Å²) < 4.78 is 7.15. The third-order valence-electron chi connectivity index (χ3n) is 9.60. The van der Waals surface area contributed by atoms with Crippen LogP contribution in [0.5, 0.6) is 0 Å². The van der Waals surface area contributed by atoms with Crippen molar-refractivity contribution in [2.45, 2.75) is 76.6 Å². The molecule has 2 aliphatic heterocycles. The van der Waals surface area contributed by atoms with E-state index in [0.717, 1.165) is 22.4 Å². The second-order valence-electron chi connectivity index (χ2n) is 12.7. The standard InChI is InChI=1S/C31H39N7O4/c1-18(19-3-4-19)37-17-21-15-20(16-24(25(21)30(37)40)36-11-13-42-14-12-36)23-7-10-38-28(34-23)26(27(32)35-38)29(39)33-22-5-8-31(2,41)9-6-22/h7,10,15-16,18-19,22,41H,3-6,8-9,11-14,17H2,1-2H3,(H2,32,35)(H,33,39)/t18-,22?,31?/m0/s1. The molecule has 4 aliphatic rings. The van der Waals surface area contributed by atoms with Crippen LogP contribution in [0.4, 0.5) is 11.5 Å². The van der Waals surface area contributed by atoms with E-state index < -0.39 is 5.60 Å². The molecular formula is C31H39N7O4. The number of rotatable bonds is 6. The number of carbonyl (C=O) groups excluding carboxylic acids is 2. The molecule has 42 heavy (non-hydrogen) atoms. The van der Waals surface area contributed by atoms with Gasteiger partial charge in [-0.25, -0.2) is 9.50 Å². The Hall–Kier alpha value is -3.70. The van der Waals surface area contributed by atoms with Gasteiger partial charge in [0, 0.05) is 43.5 Å². The van der Waals surface area contributed by atoms with Crippen molar-refractivity contribution >= 4 is 29.0 Å². The number of nitrogens with zero attached hydrogens (tertiary/aromatic N) is 5. The van der Waals surface area contributed by atoms with Crippen LogP contribution in [0, 0.1) is 5.92 Å². The number of anilines is 2. The van der Waals surface area contributed by atoms with Gasteiger partial charge in [0.1, 0.15) is 5.56 Å². The van der Waals surface area contributed by atoms with Gasteiger partial charge in [0.25, 0.3) is 11.8 Å². The van der Waals surface area contributed by atoms with Gasteiger partial charge in [-0.3, -0.25) is 9.59 Å². The average Bonchev–Trinajstić information content (AvgIpc) is 3.70. The molecule has 7 rings (SSSR count). The van der Waals surface area contributed by atoms with Crippen molar-refractivity contribution in [2.24, 2.45) is 5.92 Å². The first-order chi connectivity index (χ1) is 20.2. The van der Waals surface area contributed by atoms with Crippen molar-refractivity contribution < 1.29 is 19.4 Å². The monoisotopic (exact) mass is 573 g/mol. The van der Waals surface area contributed by atoms with E-state index in [4.69, 9.17) is 15.5 Å². The number of hydrogen-bond donors (Lipinski definition) is 3. The number of nitrogens with one attached hydrogen (secondary N) is 1. The molecule has 4 heterocycles. The summed E-state index contributed by atoms with van der Waals surface area (Å²) in [5.41, 5.74) is 10.5. The van der Waals surface area contributed by atoms with E-state index in [9.17, 15) is 14.7 Å². The number of hydrogen-bond acceptors (Lipinski definition) is 8. The molecule has 1 atom stereocenters. The van der Waals surface area contributed by atoms with Gasteiger partial charge in [0.05, 0.1) is 35.8 Å². The lowest BCUT2D eigenvalue weighted by Crippen LogP contribution is -2.42. The first-order valence-corrected chi connectivity index (χ1v) is 15.2. The highest BCUT2D eigenvalue weighted by molar-refractivity contribution is 6.06. The lowest BCUT2D eigenvalue weighted by atomic mass is 9.83. The Labute approximate surface area is 245 Å². The third kappa shape index (κ3) is 4.88. The van der Waals surface area contributed by atoms with Crippen LogP contribution in [0.2, 0.25) is 0 Å². The van der Waals surface area contributed by atoms with E-state index in [0.29, 0.717) is 75.8 Å². The molecule has 2 aliphatic carbocycles. The summed E-state index contributed by atoms with van der Waals surface area (Å²) in [6.45, 7) is 7.25. The van der Waals surface area contributed by atoms with Crippen molar-refractivity contribution in [3.05, 3.63) is 41.1 Å². The first-order valence-electron chi connectivity index (χ1n) is 15.2. The summed E-state index contributed by atoms with van der Waals surface area (Å²) in [6.07, 6.45) is 6.80. The fourth-order valence-corrected chi connectivity index (χ4v) is 6.79. The summed E-state index contributed by atoms with van der Waals surface area (Å²) in [5.74, 6) is 0.500. The minimum absolute atomic E-state index is 0.0402. The Morgan fingerprint density at radius 3 is 2.64 bits per heavy atom. The second kappa shape index (κ2) is 10.2. The van der Waals surface area contributed by atoms with Crippen LogP contribution < -0.4 is 16.0 Å². The summed E-state index contributed by atoms with van der Waals surface area (Å²) in [6, 6.07) is 6.17. The summed E-state index contributed by atoms with van der Waals surface area (Å²) in [5, 5.41) is 17.7. The van der Waals surface area contributed by atoms with Gasteiger partial charge in [-0.05, 0) is 82.1 Å². The average molecular weight is 574 g/mol. The number of aliphatic hydroxyl groups is 1. The molecule has 3 fully saturated rings. The number of carbonyl (C=O) groups is 2. The third-order valence-corrected chi connectivity index (χ3v) is 9.60. The van der Waals surface area contributed by atoms with E-state index in [-0.39, 0.29) is 35.3 Å². The smallest absolute Gasteiger partial charge is 0.259 e. The number of fused-ring (bicyclic) bond motifs is 2. The Kier molecular flexibility index (Phi) is 6.62. The Bertz CT molecular complexity index is 1550. The quantitative estimate of drug-likeness (QED) is 0.409. The van der Waals surface area contributed by atoms with Crippen molar-refractivity contribution in [3.63, 3.8) is 0 Å². The predicted molar refractivity (Wildman–Crippen MR) is 158 cm³/mol. The van der Waals surface area contributed by atoms with Crippen LogP contribution in [-0.2, 0) is 11.3 Å². The highest BCUT2D eigenvalue weighted by atomic mass is 16.5. The van der Waals surface area contributed by atoms with E-state index in [1.54, 1.807) is 6.20 Å². The zero-order valence-electron chi connectivity index (χ0n) is 24.3. The highest BCUT2D eigenvalue weighted by Gasteiger charge is 2.40. The number of nitrogens with two attached hydrogens (primary N) is 1. The lowest BCUT2D eigenvalue weighted by Gasteiger charge is -2.33. The maximum Gasteiger partial charge on any atom is 0.259 e. The Balaban J connectivity index is 1.24. The zero-order chi connectivity index (χ0) is 29.2. The van der Waals surface area contributed by atoms with E-state index in [1.807, 2.05) is 17.9 Å². The molecule has 1 aromatic carbocycles. The van der Waals surface area contributed by atoms with E-state index >= 15 is 0 Å². The zero-order valence-corrected chi connectivity index (χ0v) is 24.3. The number of aromatic nitrogens is 3.